The van der Waals surface area contributed by atoms with Crippen LogP contribution >= 0.6 is 7.82 Å². The van der Waals surface area contributed by atoms with Crippen LogP contribution in [0.3, 0.4) is 0 Å². The zero-order valence-corrected chi connectivity index (χ0v) is 46.2. The van der Waals surface area contributed by atoms with Crippen molar-refractivity contribution in [3.8, 4) is 0 Å². The van der Waals surface area contributed by atoms with Gasteiger partial charge in [0.25, 0.3) is 0 Å². The molecule has 0 aliphatic carbocycles. The van der Waals surface area contributed by atoms with Gasteiger partial charge in [-0.15, -0.1) is 0 Å². The molecule has 0 radical (unpaired) electrons. The number of carbonyl (C=O) groups excluding carboxylic acids is 2. The fourth-order valence-corrected chi connectivity index (χ4v) is 9.01. The van der Waals surface area contributed by atoms with Gasteiger partial charge in [-0.2, -0.15) is 0 Å². The van der Waals surface area contributed by atoms with Gasteiger partial charge in [-0.1, -0.05) is 249 Å². The number of ether oxygens (including phenoxy) is 2. The second-order valence-corrected chi connectivity index (χ2v) is 22.1. The standard InChI is InChI=1S/C58H110NO8P/c1-6-8-10-12-14-16-18-20-21-22-23-24-25-26-27-28-29-30-31-32-33-34-35-36-37-39-40-42-44-46-48-50-57(60)64-54-56(55-66-68(62,63)65-53-52-59(3,4)5)67-58(61)51-49-47-45-43-41-38-19-17-15-13-11-9-7-2/h9,11,15,17,38,41,56H,6-8,10,12-14,16,18-37,39-40,42-55H2,1-5H3/p+1/b11-9-,17-15-,41-38-. The van der Waals surface area contributed by atoms with E-state index in [1.807, 2.05) is 21.1 Å². The molecule has 2 atom stereocenters. The van der Waals surface area contributed by atoms with Gasteiger partial charge in [0.2, 0.25) is 0 Å². The second-order valence-electron chi connectivity index (χ2n) is 20.7. The summed E-state index contributed by atoms with van der Waals surface area (Å²) in [5.41, 5.74) is 0. The molecule has 0 aromatic rings. The molecule has 1 N–H and O–H groups in total. The van der Waals surface area contributed by atoms with Crippen LogP contribution in [0.4, 0.5) is 0 Å². The molecule has 2 unspecified atom stereocenters. The highest BCUT2D eigenvalue weighted by molar-refractivity contribution is 7.47. The molecule has 68 heavy (non-hydrogen) atoms. The molecule has 0 aliphatic heterocycles. The van der Waals surface area contributed by atoms with Gasteiger partial charge in [-0.3, -0.25) is 18.6 Å². The maximum absolute atomic E-state index is 12.7. The minimum absolute atomic E-state index is 0.0268. The zero-order valence-electron chi connectivity index (χ0n) is 45.4. The number of likely N-dealkylation sites (N-methyl/N-ethyl adjacent to an activating group) is 1. The molecule has 10 heteroatoms. The Hall–Kier alpha value is -1.77. The van der Waals surface area contributed by atoms with Gasteiger partial charge in [-0.25, -0.2) is 4.57 Å². The molecule has 0 fully saturated rings. The Morgan fingerprint density at radius 1 is 0.471 bits per heavy atom. The summed E-state index contributed by atoms with van der Waals surface area (Å²) in [5, 5.41) is 0. The first-order valence-corrected chi connectivity index (χ1v) is 30.2. The van der Waals surface area contributed by atoms with Crippen LogP contribution in [-0.2, 0) is 32.7 Å². The lowest BCUT2D eigenvalue weighted by Gasteiger charge is -2.24. The summed E-state index contributed by atoms with van der Waals surface area (Å²) in [6.07, 6.45) is 61.1. The Balaban J connectivity index is 3.98. The smallest absolute Gasteiger partial charge is 0.462 e. The maximum Gasteiger partial charge on any atom is 0.472 e. The fraction of sp³-hybridized carbons (Fsp3) is 0.862. The first-order valence-electron chi connectivity index (χ1n) is 28.7. The monoisotopic (exact) mass is 981 g/mol. The summed E-state index contributed by atoms with van der Waals surface area (Å²) >= 11 is 0. The molecule has 0 amide bonds. The fourth-order valence-electron chi connectivity index (χ4n) is 8.27. The van der Waals surface area contributed by atoms with Crippen LogP contribution in [0.1, 0.15) is 271 Å². The SMILES string of the molecule is CC/C=C\C/C=C\C/C=C\CCCCCC(=O)OC(COC(=O)CCCCCCCCCCCCCCCCCCCCCCCCCCCCCCCCC)COP(=O)(O)OCC[N+](C)(C)C. The Kier molecular flexibility index (Phi) is 48.9. The topological polar surface area (TPSA) is 108 Å². The number of nitrogens with zero attached hydrogens (tertiary/aromatic N) is 1. The molecule has 0 saturated heterocycles. The molecule has 0 spiro atoms. The molecule has 0 aromatic heterocycles. The summed E-state index contributed by atoms with van der Waals surface area (Å²) in [5.74, 6) is -0.822. The molecular weight excluding hydrogens is 870 g/mol. The summed E-state index contributed by atoms with van der Waals surface area (Å²) in [6, 6.07) is 0. The Bertz CT molecular complexity index is 1250. The van der Waals surface area contributed by atoms with Crippen LogP contribution in [0.15, 0.2) is 36.5 Å². The van der Waals surface area contributed by atoms with Crippen molar-refractivity contribution in [3.63, 3.8) is 0 Å². The van der Waals surface area contributed by atoms with Crippen LogP contribution in [0.25, 0.3) is 0 Å². The van der Waals surface area contributed by atoms with Gasteiger partial charge in [0.05, 0.1) is 27.7 Å². The van der Waals surface area contributed by atoms with E-state index in [0.29, 0.717) is 17.4 Å². The van der Waals surface area contributed by atoms with E-state index >= 15 is 0 Å². The number of allylic oxidation sites excluding steroid dienone is 6. The van der Waals surface area contributed by atoms with Crippen molar-refractivity contribution in [1.29, 1.82) is 0 Å². The number of rotatable bonds is 53. The number of esters is 2. The third kappa shape index (κ3) is 53.6. The number of hydrogen-bond donors (Lipinski definition) is 1. The molecule has 0 bridgehead atoms. The zero-order chi connectivity index (χ0) is 49.9. The molecule has 0 heterocycles. The van der Waals surface area contributed by atoms with Gasteiger partial charge in [-0.05, 0) is 44.9 Å². The molecule has 400 valence electrons. The van der Waals surface area contributed by atoms with E-state index in [0.717, 1.165) is 57.8 Å². The van der Waals surface area contributed by atoms with Crippen LogP contribution < -0.4 is 0 Å². The summed E-state index contributed by atoms with van der Waals surface area (Å²) in [7, 11) is 1.46. The van der Waals surface area contributed by atoms with Crippen molar-refractivity contribution in [2.24, 2.45) is 0 Å². The molecule has 0 saturated carbocycles. The van der Waals surface area contributed by atoms with Crippen LogP contribution in [0.2, 0.25) is 0 Å². The summed E-state index contributed by atoms with van der Waals surface area (Å²) < 4.78 is 34.4. The average molecular weight is 981 g/mol. The molecule has 0 rings (SSSR count). The first-order chi connectivity index (χ1) is 33.0. The third-order valence-electron chi connectivity index (χ3n) is 12.7. The predicted octanol–water partition coefficient (Wildman–Crippen LogP) is 17.6. The van der Waals surface area contributed by atoms with E-state index in [1.54, 1.807) is 0 Å². The van der Waals surface area contributed by atoms with Gasteiger partial charge < -0.3 is 18.9 Å². The number of phosphoric acid groups is 1. The highest BCUT2D eigenvalue weighted by atomic mass is 31.2. The molecule has 0 aliphatic rings. The Morgan fingerprint density at radius 3 is 1.25 bits per heavy atom. The van der Waals surface area contributed by atoms with Crippen LogP contribution in [0.5, 0.6) is 0 Å². The third-order valence-corrected chi connectivity index (χ3v) is 13.7. The van der Waals surface area contributed by atoms with E-state index in [4.69, 9.17) is 18.5 Å². The van der Waals surface area contributed by atoms with Crippen molar-refractivity contribution >= 4 is 19.8 Å². The molecule has 9 nitrogen and oxygen atoms in total. The maximum atomic E-state index is 12.7. The Labute approximate surface area is 421 Å². The van der Waals surface area contributed by atoms with E-state index in [1.165, 1.54) is 180 Å². The quantitative estimate of drug-likeness (QED) is 0.0211. The summed E-state index contributed by atoms with van der Waals surface area (Å²) in [4.78, 5) is 35.5. The van der Waals surface area contributed by atoms with Crippen LogP contribution in [0, 0.1) is 0 Å². The van der Waals surface area contributed by atoms with Crippen molar-refractivity contribution in [1.82, 2.24) is 0 Å². The number of hydrogen-bond acceptors (Lipinski definition) is 7. The number of carbonyl (C=O) groups is 2. The number of unbranched alkanes of at least 4 members (excludes halogenated alkanes) is 33. The van der Waals surface area contributed by atoms with Gasteiger partial charge >= 0.3 is 19.8 Å². The lowest BCUT2D eigenvalue weighted by Crippen LogP contribution is -2.37. The van der Waals surface area contributed by atoms with Crippen molar-refractivity contribution < 1.29 is 42.1 Å². The van der Waals surface area contributed by atoms with Gasteiger partial charge in [0, 0.05) is 12.8 Å². The minimum atomic E-state index is -4.39. The van der Waals surface area contributed by atoms with Crippen molar-refractivity contribution in [2.45, 2.75) is 277 Å². The largest absolute Gasteiger partial charge is 0.472 e. The van der Waals surface area contributed by atoms with Crippen molar-refractivity contribution in [3.05, 3.63) is 36.5 Å². The van der Waals surface area contributed by atoms with Crippen LogP contribution in [-0.4, -0.2) is 74.9 Å². The summed E-state index contributed by atoms with van der Waals surface area (Å²) in [6.45, 7) is 4.31. The number of quaternary nitrogens is 1. The van der Waals surface area contributed by atoms with E-state index in [2.05, 4.69) is 50.3 Å². The van der Waals surface area contributed by atoms with E-state index < -0.39 is 26.5 Å². The van der Waals surface area contributed by atoms with Crippen molar-refractivity contribution in [2.75, 3.05) is 47.5 Å². The first kappa shape index (κ1) is 66.2. The average Bonchev–Trinajstić information content (AvgIpc) is 3.30. The predicted molar refractivity (Wildman–Crippen MR) is 289 cm³/mol. The highest BCUT2D eigenvalue weighted by Crippen LogP contribution is 2.43. The Morgan fingerprint density at radius 2 is 0.838 bits per heavy atom. The number of phosphoric ester groups is 1. The normalized spacial score (nSPS) is 13.6. The second kappa shape index (κ2) is 50.2. The van der Waals surface area contributed by atoms with Gasteiger partial charge in [0.1, 0.15) is 19.8 Å². The molecular formula is C58H111NO8P+. The lowest BCUT2D eigenvalue weighted by molar-refractivity contribution is -0.870. The minimum Gasteiger partial charge on any atom is -0.462 e. The molecule has 0 aromatic carbocycles. The highest BCUT2D eigenvalue weighted by Gasteiger charge is 2.27. The van der Waals surface area contributed by atoms with E-state index in [-0.39, 0.29) is 32.0 Å². The van der Waals surface area contributed by atoms with E-state index in [9.17, 15) is 19.0 Å². The van der Waals surface area contributed by atoms with Gasteiger partial charge in [0.15, 0.2) is 6.10 Å². The lowest BCUT2D eigenvalue weighted by atomic mass is 10.0.